The third kappa shape index (κ3) is 4.40. The Hall–Kier alpha value is -1.88. The highest BCUT2D eigenvalue weighted by Crippen LogP contribution is 2.38. The van der Waals surface area contributed by atoms with Crippen LogP contribution in [0.15, 0.2) is 24.3 Å². The number of amides is 2. The second-order valence-electron chi connectivity index (χ2n) is 8.80. The normalized spacial score (nSPS) is 26.5. The van der Waals surface area contributed by atoms with E-state index in [1.807, 2.05) is 4.90 Å². The van der Waals surface area contributed by atoms with Crippen LogP contribution in [0.1, 0.15) is 63.4 Å². The lowest BCUT2D eigenvalue weighted by Crippen LogP contribution is -2.40. The van der Waals surface area contributed by atoms with E-state index in [9.17, 15) is 9.59 Å². The summed E-state index contributed by atoms with van der Waals surface area (Å²) in [7, 11) is 0. The molecule has 2 amide bonds. The van der Waals surface area contributed by atoms with Crippen LogP contribution in [-0.2, 0) is 9.59 Å². The second-order valence-corrected chi connectivity index (χ2v) is 8.80. The van der Waals surface area contributed by atoms with Gasteiger partial charge in [-0.3, -0.25) is 9.59 Å². The quantitative estimate of drug-likeness (QED) is 0.864. The number of hydrogen-bond donors (Lipinski definition) is 1. The summed E-state index contributed by atoms with van der Waals surface area (Å²) in [6, 6.07) is 9.28. The van der Waals surface area contributed by atoms with Crippen molar-refractivity contribution in [3.63, 3.8) is 0 Å². The molecule has 1 aromatic rings. The van der Waals surface area contributed by atoms with Gasteiger partial charge in [-0.2, -0.15) is 0 Å². The van der Waals surface area contributed by atoms with Crippen molar-refractivity contribution in [2.75, 3.05) is 31.5 Å². The summed E-state index contributed by atoms with van der Waals surface area (Å²) in [4.78, 5) is 28.5. The number of piperidine rings is 1. The van der Waals surface area contributed by atoms with E-state index in [0.29, 0.717) is 19.0 Å². The first-order valence-corrected chi connectivity index (χ1v) is 11.0. The number of nitrogens with zero attached hydrogens (tertiary/aromatic N) is 2. The second kappa shape index (κ2) is 8.64. The molecule has 1 aromatic carbocycles. The van der Waals surface area contributed by atoms with Gasteiger partial charge in [-0.05, 0) is 81.6 Å². The lowest BCUT2D eigenvalue weighted by Gasteiger charge is -2.30. The van der Waals surface area contributed by atoms with Crippen LogP contribution in [0.4, 0.5) is 5.69 Å². The van der Waals surface area contributed by atoms with Gasteiger partial charge >= 0.3 is 0 Å². The first-order chi connectivity index (χ1) is 13.6. The van der Waals surface area contributed by atoms with Crippen molar-refractivity contribution in [2.45, 2.75) is 63.8 Å². The van der Waals surface area contributed by atoms with Gasteiger partial charge in [-0.1, -0.05) is 12.1 Å². The predicted molar refractivity (Wildman–Crippen MR) is 111 cm³/mol. The zero-order valence-corrected chi connectivity index (χ0v) is 17.0. The van der Waals surface area contributed by atoms with Crippen molar-refractivity contribution in [1.29, 1.82) is 0 Å². The van der Waals surface area contributed by atoms with E-state index in [0.717, 1.165) is 24.6 Å². The Balaban J connectivity index is 1.28. The van der Waals surface area contributed by atoms with Crippen molar-refractivity contribution in [1.82, 2.24) is 9.80 Å². The fourth-order valence-electron chi connectivity index (χ4n) is 5.24. The highest BCUT2D eigenvalue weighted by atomic mass is 16.2. The fraction of sp³-hybridized carbons (Fsp3) is 0.652. The Kier molecular flexibility index (Phi) is 6.00. The van der Waals surface area contributed by atoms with Gasteiger partial charge in [0, 0.05) is 37.7 Å². The maximum absolute atomic E-state index is 12.6. The fourth-order valence-corrected chi connectivity index (χ4v) is 5.24. The molecule has 2 aliphatic heterocycles. The molecule has 2 heterocycles. The Bertz CT molecular complexity index is 688. The summed E-state index contributed by atoms with van der Waals surface area (Å²) in [6.07, 6.45) is 8.11. The van der Waals surface area contributed by atoms with Crippen LogP contribution in [0.5, 0.6) is 0 Å². The number of anilines is 1. The molecule has 4 rings (SSSR count). The Labute approximate surface area is 168 Å². The van der Waals surface area contributed by atoms with Crippen molar-refractivity contribution < 1.29 is 9.59 Å². The van der Waals surface area contributed by atoms with Gasteiger partial charge < -0.3 is 15.1 Å². The van der Waals surface area contributed by atoms with Crippen LogP contribution in [0.2, 0.25) is 0 Å². The van der Waals surface area contributed by atoms with E-state index < -0.39 is 0 Å². The topological polar surface area (TPSA) is 52.7 Å². The van der Waals surface area contributed by atoms with Gasteiger partial charge in [-0.25, -0.2) is 0 Å². The van der Waals surface area contributed by atoms with E-state index in [-0.39, 0.29) is 17.7 Å². The summed E-state index contributed by atoms with van der Waals surface area (Å²) in [6.45, 7) is 5.54. The zero-order valence-electron chi connectivity index (χ0n) is 17.0. The van der Waals surface area contributed by atoms with Crippen molar-refractivity contribution in [3.8, 4) is 0 Å². The van der Waals surface area contributed by atoms with Crippen LogP contribution >= 0.6 is 0 Å². The SMILES string of the molecule is CC(=O)N1CCC(C(=O)Nc2ccc(C3CCC(N4CCCC4)C3)cc2)CC1. The molecule has 2 unspecified atom stereocenters. The number of benzene rings is 1. The summed E-state index contributed by atoms with van der Waals surface area (Å²) >= 11 is 0. The standard InChI is InChI=1S/C23H33N3O2/c1-17(27)25-14-10-19(11-15-25)23(28)24-21-7-4-18(5-8-21)20-6-9-22(16-20)26-12-2-3-13-26/h4-5,7-8,19-20,22H,2-3,6,9-16H2,1H3,(H,24,28). The molecule has 1 N–H and O–H groups in total. The molecule has 0 spiro atoms. The van der Waals surface area contributed by atoms with E-state index >= 15 is 0 Å². The minimum Gasteiger partial charge on any atom is -0.343 e. The van der Waals surface area contributed by atoms with Crippen LogP contribution in [0.25, 0.3) is 0 Å². The summed E-state index contributed by atoms with van der Waals surface area (Å²) < 4.78 is 0. The molecule has 152 valence electrons. The first-order valence-electron chi connectivity index (χ1n) is 11.0. The van der Waals surface area contributed by atoms with Crippen LogP contribution in [0.3, 0.4) is 0 Å². The van der Waals surface area contributed by atoms with E-state index in [4.69, 9.17) is 0 Å². The summed E-state index contributed by atoms with van der Waals surface area (Å²) in [5.41, 5.74) is 2.30. The number of likely N-dealkylation sites (tertiary alicyclic amines) is 2. The maximum atomic E-state index is 12.6. The smallest absolute Gasteiger partial charge is 0.227 e. The lowest BCUT2D eigenvalue weighted by atomic mass is 9.95. The molecule has 3 aliphatic rings. The van der Waals surface area contributed by atoms with E-state index in [2.05, 4.69) is 34.5 Å². The molecule has 2 atom stereocenters. The molecule has 1 saturated carbocycles. The average molecular weight is 384 g/mol. The molecular weight excluding hydrogens is 350 g/mol. The van der Waals surface area contributed by atoms with Crippen molar-refractivity contribution in [2.24, 2.45) is 5.92 Å². The maximum Gasteiger partial charge on any atom is 0.227 e. The van der Waals surface area contributed by atoms with Gasteiger partial charge in [0.05, 0.1) is 0 Å². The lowest BCUT2D eigenvalue weighted by molar-refractivity contribution is -0.132. The Morgan fingerprint density at radius 2 is 1.61 bits per heavy atom. The van der Waals surface area contributed by atoms with Crippen LogP contribution in [0, 0.1) is 5.92 Å². The molecule has 0 bridgehead atoms. The summed E-state index contributed by atoms with van der Waals surface area (Å²) in [5.74, 6) is 0.858. The predicted octanol–water partition coefficient (Wildman–Crippen LogP) is 3.62. The molecule has 0 aromatic heterocycles. The third-order valence-electron chi connectivity index (χ3n) is 7.02. The molecule has 0 radical (unpaired) electrons. The number of carbonyl (C=O) groups is 2. The highest BCUT2D eigenvalue weighted by Gasteiger charge is 2.31. The molecule has 3 fully saturated rings. The van der Waals surface area contributed by atoms with E-state index in [1.54, 1.807) is 6.92 Å². The van der Waals surface area contributed by atoms with Crippen molar-refractivity contribution >= 4 is 17.5 Å². The first kappa shape index (κ1) is 19.4. The third-order valence-corrected chi connectivity index (χ3v) is 7.02. The van der Waals surface area contributed by atoms with E-state index in [1.165, 1.54) is 50.8 Å². The molecule has 2 saturated heterocycles. The highest BCUT2D eigenvalue weighted by molar-refractivity contribution is 5.92. The minimum atomic E-state index is 0.00586. The van der Waals surface area contributed by atoms with Crippen LogP contribution in [-0.4, -0.2) is 53.8 Å². The van der Waals surface area contributed by atoms with Gasteiger partial charge in [0.15, 0.2) is 0 Å². The Morgan fingerprint density at radius 1 is 0.929 bits per heavy atom. The largest absolute Gasteiger partial charge is 0.343 e. The molecule has 5 nitrogen and oxygen atoms in total. The molecular formula is C23H33N3O2. The van der Waals surface area contributed by atoms with Gasteiger partial charge in [-0.15, -0.1) is 0 Å². The Morgan fingerprint density at radius 3 is 2.25 bits per heavy atom. The van der Waals surface area contributed by atoms with Gasteiger partial charge in [0.1, 0.15) is 0 Å². The molecule has 1 aliphatic carbocycles. The number of hydrogen-bond acceptors (Lipinski definition) is 3. The van der Waals surface area contributed by atoms with Gasteiger partial charge in [0.2, 0.25) is 11.8 Å². The molecule has 28 heavy (non-hydrogen) atoms. The zero-order chi connectivity index (χ0) is 19.5. The number of nitrogens with one attached hydrogen (secondary N) is 1. The van der Waals surface area contributed by atoms with Gasteiger partial charge in [0.25, 0.3) is 0 Å². The average Bonchev–Trinajstić information content (AvgIpc) is 3.40. The number of rotatable bonds is 4. The van der Waals surface area contributed by atoms with Crippen molar-refractivity contribution in [3.05, 3.63) is 29.8 Å². The molecule has 5 heteroatoms. The summed E-state index contributed by atoms with van der Waals surface area (Å²) in [5, 5.41) is 3.08. The number of carbonyl (C=O) groups excluding carboxylic acids is 2. The monoisotopic (exact) mass is 383 g/mol. The minimum absolute atomic E-state index is 0.00586. The van der Waals surface area contributed by atoms with Crippen LogP contribution < -0.4 is 5.32 Å².